The minimum Gasteiger partial charge on any atom is -0.348 e. The molecule has 1 heterocycles. The Morgan fingerprint density at radius 2 is 1.86 bits per heavy atom. The summed E-state index contributed by atoms with van der Waals surface area (Å²) in [7, 11) is 0. The molecular weight excluding hydrogens is 371 g/mol. The summed E-state index contributed by atoms with van der Waals surface area (Å²) < 4.78 is 40.7. The summed E-state index contributed by atoms with van der Waals surface area (Å²) in [6.45, 7) is 1.32. The monoisotopic (exact) mass is 389 g/mol. The number of nitrogens with zero attached hydrogens (tertiary/aromatic N) is 1. The molecule has 2 aromatic carbocycles. The van der Waals surface area contributed by atoms with E-state index in [9.17, 15) is 22.8 Å². The van der Waals surface area contributed by atoms with Gasteiger partial charge in [-0.1, -0.05) is 6.07 Å². The number of rotatable bonds is 4. The predicted octanol–water partition coefficient (Wildman–Crippen LogP) is 3.82. The Balaban J connectivity index is 1.51. The topological polar surface area (TPSA) is 61.4 Å². The minimum absolute atomic E-state index is 0.145. The zero-order valence-corrected chi connectivity index (χ0v) is 15.1. The molecule has 2 aliphatic rings. The molecule has 3 amide bonds. The molecule has 0 radical (unpaired) electrons. The maximum atomic E-state index is 13.9. The molecule has 5 nitrogen and oxygen atoms in total. The van der Waals surface area contributed by atoms with E-state index in [1.807, 2.05) is 0 Å². The highest BCUT2D eigenvalue weighted by molar-refractivity contribution is 5.97. The lowest BCUT2D eigenvalue weighted by molar-refractivity contribution is -0.123. The largest absolute Gasteiger partial charge is 0.348 e. The zero-order chi connectivity index (χ0) is 20.1. The number of halogens is 3. The summed E-state index contributed by atoms with van der Waals surface area (Å²) in [6.07, 6.45) is 1.26. The first-order valence-corrected chi connectivity index (χ1v) is 8.93. The van der Waals surface area contributed by atoms with Gasteiger partial charge in [0, 0.05) is 22.9 Å². The molecule has 8 heteroatoms. The molecule has 146 valence electrons. The van der Waals surface area contributed by atoms with Gasteiger partial charge in [-0.3, -0.25) is 4.79 Å². The highest BCUT2D eigenvalue weighted by atomic mass is 19.1. The van der Waals surface area contributed by atoms with Crippen LogP contribution < -0.4 is 10.6 Å². The van der Waals surface area contributed by atoms with E-state index in [0.29, 0.717) is 24.1 Å². The molecule has 0 unspecified atom stereocenters. The molecule has 0 aromatic heterocycles. The molecular formula is C20H18F3N3O2. The van der Waals surface area contributed by atoms with Crippen LogP contribution in [-0.4, -0.2) is 23.4 Å². The van der Waals surface area contributed by atoms with E-state index in [4.69, 9.17) is 0 Å². The van der Waals surface area contributed by atoms with Crippen LogP contribution in [0.2, 0.25) is 0 Å². The van der Waals surface area contributed by atoms with E-state index in [2.05, 4.69) is 10.6 Å². The van der Waals surface area contributed by atoms with Crippen molar-refractivity contribution in [1.29, 1.82) is 0 Å². The fourth-order valence-electron chi connectivity index (χ4n) is 3.77. The Hall–Kier alpha value is -3.03. The summed E-state index contributed by atoms with van der Waals surface area (Å²) in [5.41, 5.74) is 0.646. The number of nitrogens with one attached hydrogen (secondary N) is 2. The first kappa shape index (κ1) is 18.3. The molecule has 1 spiro atoms. The van der Waals surface area contributed by atoms with Gasteiger partial charge in [-0.15, -0.1) is 0 Å². The Kier molecular flexibility index (Phi) is 4.28. The van der Waals surface area contributed by atoms with Crippen molar-refractivity contribution in [2.24, 2.45) is 0 Å². The van der Waals surface area contributed by atoms with E-state index in [0.717, 1.165) is 12.1 Å². The summed E-state index contributed by atoms with van der Waals surface area (Å²) in [4.78, 5) is 26.4. The molecule has 1 saturated carbocycles. The lowest BCUT2D eigenvalue weighted by Gasteiger charge is -2.37. The van der Waals surface area contributed by atoms with Crippen molar-refractivity contribution >= 4 is 17.6 Å². The predicted molar refractivity (Wildman–Crippen MR) is 96.0 cm³/mol. The third kappa shape index (κ3) is 3.08. The van der Waals surface area contributed by atoms with Crippen molar-refractivity contribution in [2.45, 2.75) is 31.3 Å². The number of hydrogen-bond acceptors (Lipinski definition) is 2. The van der Waals surface area contributed by atoms with Crippen molar-refractivity contribution in [2.75, 3.05) is 11.9 Å². The SMILES string of the molecule is C[C@H](NC(=O)CN1C(=O)Nc2ccc(F)cc2C12CC2)c1ccc(F)cc1F. The molecule has 28 heavy (non-hydrogen) atoms. The van der Waals surface area contributed by atoms with E-state index >= 15 is 0 Å². The van der Waals surface area contributed by atoms with Gasteiger partial charge in [-0.2, -0.15) is 0 Å². The second-order valence-electron chi connectivity index (χ2n) is 7.19. The van der Waals surface area contributed by atoms with Gasteiger partial charge < -0.3 is 15.5 Å². The molecule has 1 fully saturated rings. The lowest BCUT2D eigenvalue weighted by Crippen LogP contribution is -2.51. The van der Waals surface area contributed by atoms with Gasteiger partial charge in [-0.05, 0) is 44.0 Å². The molecule has 2 N–H and O–H groups in total. The van der Waals surface area contributed by atoms with Crippen LogP contribution in [0.15, 0.2) is 36.4 Å². The zero-order valence-electron chi connectivity index (χ0n) is 15.1. The molecule has 4 rings (SSSR count). The van der Waals surface area contributed by atoms with Crippen LogP contribution in [0.5, 0.6) is 0 Å². The van der Waals surface area contributed by atoms with Gasteiger partial charge in [-0.25, -0.2) is 18.0 Å². The molecule has 0 saturated heterocycles. The van der Waals surface area contributed by atoms with Gasteiger partial charge in [0.25, 0.3) is 0 Å². The van der Waals surface area contributed by atoms with Crippen LogP contribution >= 0.6 is 0 Å². The number of urea groups is 1. The first-order valence-electron chi connectivity index (χ1n) is 8.93. The van der Waals surface area contributed by atoms with Crippen molar-refractivity contribution in [3.8, 4) is 0 Å². The van der Waals surface area contributed by atoms with Crippen molar-refractivity contribution in [3.63, 3.8) is 0 Å². The Morgan fingerprint density at radius 3 is 2.54 bits per heavy atom. The maximum Gasteiger partial charge on any atom is 0.323 e. The van der Waals surface area contributed by atoms with Gasteiger partial charge in [0.05, 0.1) is 11.6 Å². The van der Waals surface area contributed by atoms with Gasteiger partial charge >= 0.3 is 6.03 Å². The van der Waals surface area contributed by atoms with Crippen molar-refractivity contribution < 1.29 is 22.8 Å². The van der Waals surface area contributed by atoms with Crippen LogP contribution in [0.3, 0.4) is 0 Å². The summed E-state index contributed by atoms with van der Waals surface area (Å²) in [6, 6.07) is 6.15. The number of anilines is 1. The summed E-state index contributed by atoms with van der Waals surface area (Å²) in [5.74, 6) is -2.36. The second-order valence-corrected chi connectivity index (χ2v) is 7.19. The molecule has 1 aliphatic heterocycles. The fraction of sp³-hybridized carbons (Fsp3) is 0.300. The minimum atomic E-state index is -0.758. The third-order valence-electron chi connectivity index (χ3n) is 5.32. The van der Waals surface area contributed by atoms with Crippen molar-refractivity contribution in [3.05, 3.63) is 65.0 Å². The third-order valence-corrected chi connectivity index (χ3v) is 5.32. The molecule has 1 atom stereocenters. The van der Waals surface area contributed by atoms with Crippen molar-refractivity contribution in [1.82, 2.24) is 10.2 Å². The lowest BCUT2D eigenvalue weighted by atomic mass is 9.98. The van der Waals surface area contributed by atoms with Gasteiger partial charge in [0.1, 0.15) is 24.0 Å². The fourth-order valence-corrected chi connectivity index (χ4v) is 3.77. The van der Waals surface area contributed by atoms with Crippen LogP contribution in [0.25, 0.3) is 0 Å². The number of benzene rings is 2. The van der Waals surface area contributed by atoms with Gasteiger partial charge in [0.2, 0.25) is 5.91 Å². The van der Waals surface area contributed by atoms with E-state index in [1.54, 1.807) is 6.92 Å². The summed E-state index contributed by atoms with van der Waals surface area (Å²) >= 11 is 0. The average molecular weight is 389 g/mol. The number of amides is 3. The standard InChI is InChI=1S/C20H18F3N3O2/c1-11(14-4-2-13(22)9-16(14)23)24-18(27)10-26-19(28)25-17-5-3-12(21)8-15(17)20(26)6-7-20/h2-5,8-9,11H,6-7,10H2,1H3,(H,24,27)(H,25,28)/t11-/m0/s1. The first-order chi connectivity index (χ1) is 13.3. The Morgan fingerprint density at radius 1 is 1.18 bits per heavy atom. The average Bonchev–Trinajstić information content (AvgIpc) is 3.41. The molecule has 1 aliphatic carbocycles. The highest BCUT2D eigenvalue weighted by Crippen LogP contribution is 2.55. The number of fused-ring (bicyclic) bond motifs is 2. The number of carbonyl (C=O) groups is 2. The van der Waals surface area contributed by atoms with Crippen LogP contribution in [0.1, 0.15) is 36.9 Å². The Bertz CT molecular complexity index is 975. The molecule has 0 bridgehead atoms. The van der Waals surface area contributed by atoms with Gasteiger partial charge in [0.15, 0.2) is 0 Å². The van der Waals surface area contributed by atoms with Crippen LogP contribution in [-0.2, 0) is 10.3 Å². The van der Waals surface area contributed by atoms with Crippen LogP contribution in [0, 0.1) is 17.5 Å². The van der Waals surface area contributed by atoms with Crippen LogP contribution in [0.4, 0.5) is 23.7 Å². The normalized spacial score (nSPS) is 17.7. The second kappa shape index (κ2) is 6.54. The highest BCUT2D eigenvalue weighted by Gasteiger charge is 2.55. The maximum absolute atomic E-state index is 13.9. The Labute approximate surface area is 159 Å². The smallest absolute Gasteiger partial charge is 0.323 e. The van der Waals surface area contributed by atoms with E-state index < -0.39 is 41.0 Å². The molecule has 2 aromatic rings. The summed E-state index contributed by atoms with van der Waals surface area (Å²) in [5, 5.41) is 5.31. The quantitative estimate of drug-likeness (QED) is 0.835. The van der Waals surface area contributed by atoms with E-state index in [-0.39, 0.29) is 12.1 Å². The number of carbonyl (C=O) groups excluding carboxylic acids is 2. The number of hydrogen-bond donors (Lipinski definition) is 2. The van der Waals surface area contributed by atoms with E-state index in [1.165, 1.54) is 29.2 Å².